The van der Waals surface area contributed by atoms with Gasteiger partial charge >= 0.3 is 17.9 Å². The predicted molar refractivity (Wildman–Crippen MR) is 236 cm³/mol. The average molecular weight is 810 g/mol. The van der Waals surface area contributed by atoms with Crippen LogP contribution in [0, 0.1) is 0 Å². The summed E-state index contributed by atoms with van der Waals surface area (Å²) < 4.78 is 18.5. The van der Waals surface area contributed by atoms with E-state index in [1.165, 1.54) is 0 Å². The SMILES string of the molecule is C=C(C)C(=O)OCC(C)N(c1ccc(OC(=O)C(=C)C)cc1)c1ccc(C2=C(O)C(=C3C=CC(=[N+](c4ccc(OC(=O)C(=C)C)cc4)C(C)CCCCC)C=C3)C2=O)cc1. The van der Waals surface area contributed by atoms with Crippen LogP contribution in [0.4, 0.5) is 17.1 Å². The molecule has 2 unspecified atom stereocenters. The van der Waals surface area contributed by atoms with Crippen molar-refractivity contribution in [2.75, 3.05) is 11.5 Å². The molecule has 3 aromatic rings. The lowest BCUT2D eigenvalue weighted by Crippen LogP contribution is -2.33. The van der Waals surface area contributed by atoms with Gasteiger partial charge in [0.05, 0.1) is 17.2 Å². The van der Waals surface area contributed by atoms with E-state index in [9.17, 15) is 24.3 Å². The first-order chi connectivity index (χ1) is 28.6. The number of Topliss-reactive ketones (excluding diaryl/α,β-unsaturated/α-hetero) is 1. The van der Waals surface area contributed by atoms with Gasteiger partial charge in [0.2, 0.25) is 17.2 Å². The number of hydrogen-bond donors (Lipinski definition) is 1. The van der Waals surface area contributed by atoms with Crippen LogP contribution < -0.4 is 14.4 Å². The van der Waals surface area contributed by atoms with Gasteiger partial charge < -0.3 is 24.2 Å². The van der Waals surface area contributed by atoms with Crippen LogP contribution in [0.25, 0.3) is 5.57 Å². The number of anilines is 2. The standard InChI is InChI=1S/C50H52N2O8/c1-10-11-12-13-34(8)51(40-22-26-42(27-23-40)59-49(56)32(4)5)38-18-14-36(15-19-38)44-46(53)45(47(44)54)37-16-20-39(21-17-37)52(35(9)30-58-48(55)31(2)3)41-24-28-43(29-25-41)60-50(57)33(6)7/h14-29,34-35H,2,4,6,10-13,30H2,1,3,5,7-9H3/p+1. The van der Waals surface area contributed by atoms with E-state index in [4.69, 9.17) is 14.2 Å². The van der Waals surface area contributed by atoms with Gasteiger partial charge in [-0.15, -0.1) is 0 Å². The Balaban J connectivity index is 1.41. The van der Waals surface area contributed by atoms with E-state index in [-0.39, 0.29) is 52.5 Å². The molecule has 0 radical (unpaired) electrons. The first-order valence-corrected chi connectivity index (χ1v) is 20.0. The van der Waals surface area contributed by atoms with Crippen molar-refractivity contribution in [3.8, 4) is 11.5 Å². The molecule has 0 amide bonds. The van der Waals surface area contributed by atoms with Gasteiger partial charge in [0, 0.05) is 58.8 Å². The monoisotopic (exact) mass is 809 g/mol. The van der Waals surface area contributed by atoms with Gasteiger partial charge in [0.1, 0.15) is 23.9 Å². The zero-order valence-corrected chi connectivity index (χ0v) is 35.2. The lowest BCUT2D eigenvalue weighted by atomic mass is 9.80. The Hall–Kier alpha value is -6.81. The van der Waals surface area contributed by atoms with Gasteiger partial charge in [0.15, 0.2) is 6.04 Å². The van der Waals surface area contributed by atoms with Gasteiger partial charge in [-0.05, 0) is 113 Å². The molecule has 0 bridgehead atoms. The molecule has 10 heteroatoms. The van der Waals surface area contributed by atoms with Crippen molar-refractivity contribution in [3.63, 3.8) is 0 Å². The Morgan fingerprint density at radius 2 is 1.20 bits per heavy atom. The summed E-state index contributed by atoms with van der Waals surface area (Å²) in [7, 11) is 0. The third-order valence-electron chi connectivity index (χ3n) is 10.1. The summed E-state index contributed by atoms with van der Waals surface area (Å²) in [6.45, 7) is 22.0. The molecule has 2 aliphatic rings. The van der Waals surface area contributed by atoms with Gasteiger partial charge in [-0.2, -0.15) is 4.58 Å². The summed E-state index contributed by atoms with van der Waals surface area (Å²) in [6, 6.07) is 21.3. The number of carbonyl (C=O) groups is 4. The average Bonchev–Trinajstić information content (AvgIpc) is 3.22. The van der Waals surface area contributed by atoms with E-state index in [1.807, 2.05) is 60.4 Å². The third kappa shape index (κ3) is 10.4. The molecule has 0 fully saturated rings. The first-order valence-electron chi connectivity index (χ1n) is 20.0. The summed E-state index contributed by atoms with van der Waals surface area (Å²) >= 11 is 0. The molecule has 0 saturated heterocycles. The smallest absolute Gasteiger partial charge is 0.338 e. The number of allylic oxidation sites excluding steroid dienone is 7. The number of rotatable bonds is 17. The van der Waals surface area contributed by atoms with Crippen LogP contribution in [0.1, 0.15) is 72.8 Å². The van der Waals surface area contributed by atoms with Crippen LogP contribution in [0.5, 0.6) is 11.5 Å². The minimum absolute atomic E-state index is 0.0517. The lowest BCUT2D eigenvalue weighted by Gasteiger charge is -2.32. The second-order valence-corrected chi connectivity index (χ2v) is 15.2. The minimum Gasteiger partial charge on any atom is -0.506 e. The second kappa shape index (κ2) is 19.8. The van der Waals surface area contributed by atoms with Crippen LogP contribution in [-0.4, -0.2) is 57.8 Å². The maximum absolute atomic E-state index is 13.7. The molecule has 0 aliphatic heterocycles. The molecule has 2 atom stereocenters. The topological polar surface area (TPSA) is 122 Å². The van der Waals surface area contributed by atoms with E-state index in [0.29, 0.717) is 28.2 Å². The Morgan fingerprint density at radius 3 is 1.68 bits per heavy atom. The van der Waals surface area contributed by atoms with Crippen molar-refractivity contribution in [2.24, 2.45) is 0 Å². The van der Waals surface area contributed by atoms with Crippen LogP contribution >= 0.6 is 0 Å². The zero-order valence-electron chi connectivity index (χ0n) is 35.2. The first kappa shape index (κ1) is 44.3. The number of ketones is 1. The van der Waals surface area contributed by atoms with Crippen molar-refractivity contribution >= 4 is 52.0 Å². The fourth-order valence-electron chi connectivity index (χ4n) is 6.78. The maximum atomic E-state index is 13.7. The van der Waals surface area contributed by atoms with Crippen LogP contribution in [0.3, 0.4) is 0 Å². The summed E-state index contributed by atoms with van der Waals surface area (Å²) in [4.78, 5) is 52.1. The van der Waals surface area contributed by atoms with E-state index in [2.05, 4.69) is 38.2 Å². The number of hydrogen-bond acceptors (Lipinski definition) is 9. The molecule has 2 aliphatic carbocycles. The van der Waals surface area contributed by atoms with Gasteiger partial charge in [-0.1, -0.05) is 51.6 Å². The molecule has 0 aromatic heterocycles. The minimum atomic E-state index is -0.533. The summed E-state index contributed by atoms with van der Waals surface area (Å²) in [6.07, 6.45) is 11.8. The molecular formula is C50H53N2O8+. The highest BCUT2D eigenvalue weighted by atomic mass is 16.5. The Morgan fingerprint density at radius 1 is 0.700 bits per heavy atom. The number of ether oxygens (including phenoxy) is 3. The van der Waals surface area contributed by atoms with Crippen molar-refractivity contribution in [3.05, 3.63) is 156 Å². The number of benzene rings is 3. The highest BCUT2D eigenvalue weighted by Gasteiger charge is 2.37. The Kier molecular flexibility index (Phi) is 14.6. The zero-order chi connectivity index (χ0) is 43.7. The Labute approximate surface area is 352 Å². The van der Waals surface area contributed by atoms with Crippen molar-refractivity contribution in [1.82, 2.24) is 0 Å². The Bertz CT molecular complexity index is 2340. The lowest BCUT2D eigenvalue weighted by molar-refractivity contribution is -0.480. The van der Waals surface area contributed by atoms with E-state index in [0.717, 1.165) is 48.5 Å². The van der Waals surface area contributed by atoms with Gasteiger partial charge in [0.25, 0.3) is 0 Å². The number of unbranched alkanes of at least 4 members (excludes halogenated alkanes) is 2. The van der Waals surface area contributed by atoms with Crippen molar-refractivity contribution in [1.29, 1.82) is 0 Å². The fourth-order valence-corrected chi connectivity index (χ4v) is 6.78. The van der Waals surface area contributed by atoms with Crippen LogP contribution in [-0.2, 0) is 23.9 Å². The molecule has 0 spiro atoms. The van der Waals surface area contributed by atoms with Gasteiger partial charge in [-0.25, -0.2) is 14.4 Å². The summed E-state index contributed by atoms with van der Waals surface area (Å²) in [5, 5.41) is 11.3. The fraction of sp³-hybridized carbons (Fsp3) is 0.260. The normalized spacial score (nSPS) is 14.2. The predicted octanol–water partition coefficient (Wildman–Crippen LogP) is 10.3. The van der Waals surface area contributed by atoms with Crippen LogP contribution in [0.2, 0.25) is 0 Å². The van der Waals surface area contributed by atoms with E-state index in [1.54, 1.807) is 69.3 Å². The van der Waals surface area contributed by atoms with Crippen molar-refractivity contribution < 1.29 is 43.1 Å². The quantitative estimate of drug-likeness (QED) is 0.0467. The molecule has 10 nitrogen and oxygen atoms in total. The molecule has 310 valence electrons. The van der Waals surface area contributed by atoms with Crippen LogP contribution in [0.15, 0.2) is 150 Å². The summed E-state index contributed by atoms with van der Waals surface area (Å²) in [5.41, 5.74) is 5.79. The third-order valence-corrected chi connectivity index (χ3v) is 10.1. The van der Waals surface area contributed by atoms with E-state index >= 15 is 0 Å². The van der Waals surface area contributed by atoms with E-state index < -0.39 is 17.9 Å². The molecule has 5 rings (SSSR count). The summed E-state index contributed by atoms with van der Waals surface area (Å²) in [5.74, 6) is -1.09. The molecule has 60 heavy (non-hydrogen) atoms. The largest absolute Gasteiger partial charge is 0.506 e. The number of aliphatic hydroxyl groups is 1. The number of esters is 3. The number of carbonyl (C=O) groups excluding carboxylic acids is 4. The second-order valence-electron chi connectivity index (χ2n) is 15.2. The number of aliphatic hydroxyl groups excluding tert-OH is 1. The van der Waals surface area contributed by atoms with Gasteiger partial charge in [-0.3, -0.25) is 4.79 Å². The highest BCUT2D eigenvalue weighted by Crippen LogP contribution is 2.40. The molecule has 3 aromatic carbocycles. The molecule has 0 saturated carbocycles. The van der Waals surface area contributed by atoms with Crippen molar-refractivity contribution in [2.45, 2.75) is 79.3 Å². The maximum Gasteiger partial charge on any atom is 0.338 e. The molecule has 1 N–H and O–H groups in total. The highest BCUT2D eigenvalue weighted by molar-refractivity contribution is 6.39. The molecule has 0 heterocycles. The molecular weight excluding hydrogens is 757 g/mol. The number of nitrogens with zero attached hydrogens (tertiary/aromatic N) is 2.